The fourth-order valence-corrected chi connectivity index (χ4v) is 3.03. The second kappa shape index (κ2) is 5.97. The maximum Gasteiger partial charge on any atom is 0.248 e. The van der Waals surface area contributed by atoms with E-state index in [2.05, 4.69) is 0 Å². The fourth-order valence-electron chi connectivity index (χ4n) is 1.60. The van der Waals surface area contributed by atoms with Gasteiger partial charge >= 0.3 is 0 Å². The van der Waals surface area contributed by atoms with Crippen LogP contribution in [0.2, 0.25) is 0 Å². The standard InChI is InChI=1S/C12H18N2O3S/c1-9(5-6-13)18(16,17)8-10-3-2-4-11(7-10)12(14)15/h2-4,7,9H,5-6,8,13H2,1H3,(H2,14,15). The molecule has 1 unspecified atom stereocenters. The highest BCUT2D eigenvalue weighted by molar-refractivity contribution is 7.91. The van der Waals surface area contributed by atoms with Gasteiger partial charge in [-0.05, 0) is 37.6 Å². The second-order valence-corrected chi connectivity index (χ2v) is 6.68. The van der Waals surface area contributed by atoms with E-state index in [0.29, 0.717) is 24.1 Å². The third-order valence-corrected chi connectivity index (χ3v) is 4.96. The van der Waals surface area contributed by atoms with E-state index in [1.54, 1.807) is 25.1 Å². The highest BCUT2D eigenvalue weighted by Gasteiger charge is 2.20. The van der Waals surface area contributed by atoms with E-state index in [1.807, 2.05) is 0 Å². The first kappa shape index (κ1) is 14.7. The van der Waals surface area contributed by atoms with Gasteiger partial charge in [0.1, 0.15) is 0 Å². The lowest BCUT2D eigenvalue weighted by Crippen LogP contribution is -2.23. The van der Waals surface area contributed by atoms with Crippen LogP contribution in [0, 0.1) is 0 Å². The van der Waals surface area contributed by atoms with E-state index >= 15 is 0 Å². The Morgan fingerprint density at radius 1 is 1.39 bits per heavy atom. The minimum Gasteiger partial charge on any atom is -0.366 e. The number of hydrogen-bond donors (Lipinski definition) is 2. The molecule has 0 aliphatic heterocycles. The monoisotopic (exact) mass is 270 g/mol. The molecular weight excluding hydrogens is 252 g/mol. The van der Waals surface area contributed by atoms with Gasteiger partial charge in [-0.25, -0.2) is 8.42 Å². The van der Waals surface area contributed by atoms with E-state index < -0.39 is 21.0 Å². The molecule has 0 fully saturated rings. The smallest absolute Gasteiger partial charge is 0.248 e. The highest BCUT2D eigenvalue weighted by Crippen LogP contribution is 2.14. The van der Waals surface area contributed by atoms with Crippen molar-refractivity contribution in [2.45, 2.75) is 24.3 Å². The van der Waals surface area contributed by atoms with Gasteiger partial charge in [-0.15, -0.1) is 0 Å². The van der Waals surface area contributed by atoms with Crippen molar-refractivity contribution in [1.29, 1.82) is 0 Å². The van der Waals surface area contributed by atoms with Gasteiger partial charge in [-0.1, -0.05) is 12.1 Å². The first-order valence-electron chi connectivity index (χ1n) is 5.67. The fraction of sp³-hybridized carbons (Fsp3) is 0.417. The van der Waals surface area contributed by atoms with Crippen molar-refractivity contribution >= 4 is 15.7 Å². The van der Waals surface area contributed by atoms with Crippen LogP contribution in [0.15, 0.2) is 24.3 Å². The van der Waals surface area contributed by atoms with Crippen LogP contribution in [0.3, 0.4) is 0 Å². The summed E-state index contributed by atoms with van der Waals surface area (Å²) < 4.78 is 24.0. The number of carbonyl (C=O) groups excluding carboxylic acids is 1. The lowest BCUT2D eigenvalue weighted by molar-refractivity contribution is 0.1000. The van der Waals surface area contributed by atoms with Gasteiger partial charge in [-0.2, -0.15) is 0 Å². The molecule has 0 saturated carbocycles. The summed E-state index contributed by atoms with van der Waals surface area (Å²) in [5, 5.41) is -0.486. The molecular formula is C12H18N2O3S. The summed E-state index contributed by atoms with van der Waals surface area (Å²) in [6.45, 7) is 1.97. The molecule has 0 saturated heterocycles. The molecule has 1 aromatic rings. The summed E-state index contributed by atoms with van der Waals surface area (Å²) >= 11 is 0. The van der Waals surface area contributed by atoms with Crippen LogP contribution in [-0.4, -0.2) is 26.1 Å². The molecule has 0 aliphatic carbocycles. The van der Waals surface area contributed by atoms with Crippen LogP contribution < -0.4 is 11.5 Å². The van der Waals surface area contributed by atoms with Crippen molar-refractivity contribution in [2.75, 3.05) is 6.54 Å². The molecule has 1 rings (SSSR count). The Balaban J connectivity index is 2.90. The van der Waals surface area contributed by atoms with Gasteiger partial charge in [0.05, 0.1) is 11.0 Å². The van der Waals surface area contributed by atoms with Crippen LogP contribution in [0.5, 0.6) is 0 Å². The van der Waals surface area contributed by atoms with Crippen molar-refractivity contribution < 1.29 is 13.2 Å². The predicted molar refractivity (Wildman–Crippen MR) is 70.7 cm³/mol. The molecule has 0 aliphatic rings. The number of rotatable bonds is 6. The zero-order valence-electron chi connectivity index (χ0n) is 10.3. The highest BCUT2D eigenvalue weighted by atomic mass is 32.2. The van der Waals surface area contributed by atoms with Crippen LogP contribution in [0.1, 0.15) is 29.3 Å². The summed E-state index contributed by atoms with van der Waals surface area (Å²) in [5.41, 5.74) is 11.4. The molecule has 5 nitrogen and oxygen atoms in total. The van der Waals surface area contributed by atoms with E-state index in [4.69, 9.17) is 11.5 Å². The molecule has 100 valence electrons. The van der Waals surface area contributed by atoms with Gasteiger partial charge in [0.25, 0.3) is 0 Å². The van der Waals surface area contributed by atoms with Gasteiger partial charge in [0, 0.05) is 5.56 Å². The van der Waals surface area contributed by atoms with Crippen molar-refractivity contribution in [3.05, 3.63) is 35.4 Å². The molecule has 6 heteroatoms. The molecule has 0 spiro atoms. The first-order valence-corrected chi connectivity index (χ1v) is 7.38. The average molecular weight is 270 g/mol. The summed E-state index contributed by atoms with van der Waals surface area (Å²) in [5.74, 6) is -0.667. The van der Waals surface area contributed by atoms with Crippen LogP contribution in [0.4, 0.5) is 0 Å². The maximum atomic E-state index is 12.0. The summed E-state index contributed by atoms with van der Waals surface area (Å²) in [6, 6.07) is 6.36. The normalized spacial score (nSPS) is 13.2. The minimum absolute atomic E-state index is 0.102. The first-order chi connectivity index (χ1) is 8.36. The topological polar surface area (TPSA) is 103 Å². The molecule has 0 bridgehead atoms. The molecule has 18 heavy (non-hydrogen) atoms. The van der Waals surface area contributed by atoms with Gasteiger partial charge in [0.2, 0.25) is 5.91 Å². The predicted octanol–water partition coefficient (Wildman–Crippen LogP) is 0.438. The van der Waals surface area contributed by atoms with Gasteiger partial charge in [-0.3, -0.25) is 4.79 Å². The molecule has 0 radical (unpaired) electrons. The zero-order chi connectivity index (χ0) is 13.8. The van der Waals surface area contributed by atoms with Crippen molar-refractivity contribution in [3.63, 3.8) is 0 Å². The number of amides is 1. The molecule has 1 aromatic carbocycles. The third kappa shape index (κ3) is 3.82. The third-order valence-electron chi connectivity index (χ3n) is 2.77. The van der Waals surface area contributed by atoms with E-state index in [9.17, 15) is 13.2 Å². The molecule has 4 N–H and O–H groups in total. The Kier molecular flexibility index (Phi) is 4.86. The van der Waals surface area contributed by atoms with Crippen LogP contribution in [0.25, 0.3) is 0 Å². The number of hydrogen-bond acceptors (Lipinski definition) is 4. The maximum absolute atomic E-state index is 12.0. The quantitative estimate of drug-likeness (QED) is 0.782. The summed E-state index contributed by atoms with van der Waals surface area (Å²) in [6.07, 6.45) is 0.428. The second-order valence-electron chi connectivity index (χ2n) is 4.26. The van der Waals surface area contributed by atoms with E-state index in [1.165, 1.54) is 6.07 Å². The molecule has 0 aromatic heterocycles. The Morgan fingerprint density at radius 2 is 2.06 bits per heavy atom. The number of primary amides is 1. The van der Waals surface area contributed by atoms with Crippen LogP contribution in [-0.2, 0) is 15.6 Å². The van der Waals surface area contributed by atoms with Crippen molar-refractivity contribution in [3.8, 4) is 0 Å². The average Bonchev–Trinajstić information content (AvgIpc) is 2.29. The number of benzene rings is 1. The van der Waals surface area contributed by atoms with E-state index in [-0.39, 0.29) is 5.75 Å². The zero-order valence-corrected chi connectivity index (χ0v) is 11.1. The van der Waals surface area contributed by atoms with E-state index in [0.717, 1.165) is 0 Å². The van der Waals surface area contributed by atoms with Crippen LogP contribution >= 0.6 is 0 Å². The lowest BCUT2D eigenvalue weighted by atomic mass is 10.1. The summed E-state index contributed by atoms with van der Waals surface area (Å²) in [7, 11) is -3.25. The van der Waals surface area contributed by atoms with Crippen molar-refractivity contribution in [2.24, 2.45) is 11.5 Å². The van der Waals surface area contributed by atoms with Crippen molar-refractivity contribution in [1.82, 2.24) is 0 Å². The Bertz CT molecular complexity index is 526. The Hall–Kier alpha value is -1.40. The lowest BCUT2D eigenvalue weighted by Gasteiger charge is -2.12. The SMILES string of the molecule is CC(CCN)S(=O)(=O)Cc1cccc(C(N)=O)c1. The largest absolute Gasteiger partial charge is 0.366 e. The molecule has 0 heterocycles. The minimum atomic E-state index is -3.25. The number of sulfone groups is 1. The van der Waals surface area contributed by atoms with Gasteiger partial charge in [0.15, 0.2) is 9.84 Å². The Morgan fingerprint density at radius 3 is 2.61 bits per heavy atom. The van der Waals surface area contributed by atoms with Gasteiger partial charge < -0.3 is 11.5 Å². The molecule has 1 atom stereocenters. The number of carbonyl (C=O) groups is 1. The number of nitrogens with two attached hydrogens (primary N) is 2. The summed E-state index contributed by atoms with van der Waals surface area (Å²) in [4.78, 5) is 11.0. The Labute approximate surface area is 107 Å². The molecule has 1 amide bonds.